The average Bonchev–Trinajstić information content (AvgIpc) is 3.36. The molecule has 10 nitrogen and oxygen atoms in total. The summed E-state index contributed by atoms with van der Waals surface area (Å²) in [6.45, 7) is 7.26. The second kappa shape index (κ2) is 12.0. The molecule has 0 amide bonds. The van der Waals surface area contributed by atoms with E-state index in [1.807, 2.05) is 19.9 Å². The van der Waals surface area contributed by atoms with Crippen molar-refractivity contribution in [2.24, 2.45) is 45.3 Å². The van der Waals surface area contributed by atoms with E-state index in [9.17, 15) is 42.1 Å². The van der Waals surface area contributed by atoms with Gasteiger partial charge >= 0.3 is 0 Å². The summed E-state index contributed by atoms with van der Waals surface area (Å²) < 4.78 is 10.9. The molecule has 0 N–H and O–H groups in total. The monoisotopic (exact) mass is 692 g/mol. The van der Waals surface area contributed by atoms with Crippen molar-refractivity contribution in [3.8, 4) is 60.1 Å². The molecule has 0 saturated carbocycles. The fourth-order valence-corrected chi connectivity index (χ4v) is 9.78. The van der Waals surface area contributed by atoms with Gasteiger partial charge in [0.1, 0.15) is 11.5 Å². The molecule has 2 aromatic rings. The van der Waals surface area contributed by atoms with Crippen molar-refractivity contribution in [2.75, 3.05) is 14.2 Å². The van der Waals surface area contributed by atoms with Gasteiger partial charge in [-0.25, -0.2) is 0 Å². The molecule has 0 radical (unpaired) electrons. The van der Waals surface area contributed by atoms with Crippen molar-refractivity contribution in [2.45, 2.75) is 33.1 Å². The first-order valence-corrected chi connectivity index (χ1v) is 16.9. The molecule has 3 unspecified atom stereocenters. The van der Waals surface area contributed by atoms with Gasteiger partial charge in [0.2, 0.25) is 0 Å². The van der Waals surface area contributed by atoms with Crippen LogP contribution in [0.1, 0.15) is 38.8 Å². The highest BCUT2D eigenvalue weighted by Gasteiger charge is 2.76. The minimum absolute atomic E-state index is 0.241. The lowest BCUT2D eigenvalue weighted by Crippen LogP contribution is -2.59. The van der Waals surface area contributed by atoms with Crippen molar-refractivity contribution in [1.29, 1.82) is 42.1 Å². The smallest absolute Gasteiger partial charge is 0.193 e. The first-order valence-electron chi connectivity index (χ1n) is 16.9. The Morgan fingerprint density at radius 3 is 1.42 bits per heavy atom. The van der Waals surface area contributed by atoms with Crippen molar-refractivity contribution in [1.82, 2.24) is 0 Å². The molecule has 3 atom stereocenters. The van der Waals surface area contributed by atoms with E-state index in [-0.39, 0.29) is 5.92 Å². The van der Waals surface area contributed by atoms with Crippen LogP contribution in [0.3, 0.4) is 0 Å². The van der Waals surface area contributed by atoms with Crippen LogP contribution in [0.15, 0.2) is 94.1 Å². The van der Waals surface area contributed by atoms with Crippen molar-refractivity contribution in [3.05, 3.63) is 105 Å². The Balaban J connectivity index is 1.90. The SMILES string of the molecule is COc1ccc(C2(c3ccc(OC)cc3)C=C3C4=C(C)C5C=C(C(C)C)C(C4=C(C)C3C(C#N)(C#N)C2(C#N)C#N)C(C#N)(C#N)C5(C#N)C#N)cc1. The molecule has 0 saturated heterocycles. The Bertz CT molecular complexity index is 2340. The highest BCUT2D eigenvalue weighted by molar-refractivity contribution is 5.75. The first-order chi connectivity index (χ1) is 25.4. The molecule has 5 aliphatic rings. The van der Waals surface area contributed by atoms with Gasteiger partial charge in [0, 0.05) is 17.8 Å². The molecule has 0 aliphatic heterocycles. The van der Waals surface area contributed by atoms with Crippen molar-refractivity contribution < 1.29 is 9.47 Å². The van der Waals surface area contributed by atoms with E-state index in [4.69, 9.17) is 9.47 Å². The third-order valence-corrected chi connectivity index (χ3v) is 12.2. The number of nitrogens with zero attached hydrogens (tertiary/aromatic N) is 8. The van der Waals surface area contributed by atoms with Gasteiger partial charge in [0.25, 0.3) is 0 Å². The topological polar surface area (TPSA) is 209 Å². The summed E-state index contributed by atoms with van der Waals surface area (Å²) in [5.74, 6) is -2.56. The van der Waals surface area contributed by atoms with Gasteiger partial charge in [-0.1, -0.05) is 67.0 Å². The van der Waals surface area contributed by atoms with E-state index in [1.165, 1.54) is 14.2 Å². The zero-order chi connectivity index (χ0) is 38.7. The Morgan fingerprint density at radius 1 is 0.585 bits per heavy atom. The molecule has 2 aromatic carbocycles. The van der Waals surface area contributed by atoms with Crippen LogP contribution in [0.2, 0.25) is 0 Å². The van der Waals surface area contributed by atoms with Crippen molar-refractivity contribution in [3.63, 3.8) is 0 Å². The fraction of sp³-hybridized carbons (Fsp3) is 0.349. The Labute approximate surface area is 308 Å². The molecule has 0 heterocycles. The number of hydrogen-bond donors (Lipinski definition) is 0. The van der Waals surface area contributed by atoms with E-state index in [0.29, 0.717) is 56.1 Å². The summed E-state index contributed by atoms with van der Waals surface area (Å²) in [6, 6.07) is 30.8. The van der Waals surface area contributed by atoms with Crippen LogP contribution in [-0.2, 0) is 5.41 Å². The standard InChI is InChI=1S/C43H32N8O2/c1-25(2)32-15-34-26(3)35-33-16-43(28-7-11-30(52-5)12-8-28,29-9-13-31(53-6)14-10-29)42(23-50,24-51)41(21-48,22-49)37(33)27(4)36(35)38(32)40(19-46,20-47)39(34,17-44)18-45/h7-16,25,34,37-38H,1-6H3. The maximum Gasteiger partial charge on any atom is 0.193 e. The van der Waals surface area contributed by atoms with Gasteiger partial charge in [0.05, 0.1) is 68.2 Å². The lowest BCUT2D eigenvalue weighted by Gasteiger charge is -2.53. The summed E-state index contributed by atoms with van der Waals surface area (Å²) >= 11 is 0. The fourth-order valence-electron chi connectivity index (χ4n) is 9.78. The second-order valence-corrected chi connectivity index (χ2v) is 14.3. The Hall–Kier alpha value is -7.08. The van der Waals surface area contributed by atoms with Crippen LogP contribution in [0.4, 0.5) is 0 Å². The molecule has 0 fully saturated rings. The predicted molar refractivity (Wildman–Crippen MR) is 188 cm³/mol. The third kappa shape index (κ3) is 3.83. The largest absolute Gasteiger partial charge is 0.497 e. The van der Waals surface area contributed by atoms with Gasteiger partial charge in [-0.15, -0.1) is 0 Å². The summed E-state index contributed by atoms with van der Waals surface area (Å²) in [6.07, 6.45) is 3.63. The van der Waals surface area contributed by atoms with Gasteiger partial charge < -0.3 is 9.47 Å². The Kier molecular flexibility index (Phi) is 8.10. The second-order valence-electron chi connectivity index (χ2n) is 14.3. The Morgan fingerprint density at radius 2 is 1.04 bits per heavy atom. The summed E-state index contributed by atoms with van der Waals surface area (Å²) in [5.41, 5.74) is -7.04. The number of fused-ring (bicyclic) bond motifs is 2. The molecule has 2 bridgehead atoms. The molecular formula is C43H32N8O2. The van der Waals surface area contributed by atoms with Gasteiger partial charge in [-0.05, 0) is 71.9 Å². The maximum atomic E-state index is 11.4. The minimum atomic E-state index is -2.40. The van der Waals surface area contributed by atoms with E-state index >= 15 is 0 Å². The van der Waals surface area contributed by atoms with Gasteiger partial charge in [-0.3, -0.25) is 0 Å². The van der Waals surface area contributed by atoms with Crippen LogP contribution < -0.4 is 9.47 Å². The molecule has 0 spiro atoms. The number of rotatable bonds is 5. The molecular weight excluding hydrogens is 661 g/mol. The van der Waals surface area contributed by atoms with Crippen LogP contribution in [0.25, 0.3) is 0 Å². The number of benzene rings is 2. The number of nitriles is 8. The lowest BCUT2D eigenvalue weighted by atomic mass is 9.41. The first kappa shape index (κ1) is 35.7. The number of hydrogen-bond acceptors (Lipinski definition) is 10. The maximum absolute atomic E-state index is 11.4. The third-order valence-electron chi connectivity index (χ3n) is 12.2. The van der Waals surface area contributed by atoms with Gasteiger partial charge in [0.15, 0.2) is 21.7 Å². The van der Waals surface area contributed by atoms with Crippen LogP contribution in [-0.4, -0.2) is 14.2 Å². The molecule has 256 valence electrons. The lowest BCUT2D eigenvalue weighted by molar-refractivity contribution is 0.158. The van der Waals surface area contributed by atoms with Crippen LogP contribution in [0, 0.1) is 136 Å². The number of methoxy groups -OCH3 is 2. The van der Waals surface area contributed by atoms with Crippen molar-refractivity contribution >= 4 is 0 Å². The summed E-state index contributed by atoms with van der Waals surface area (Å²) in [5, 5.41) is 89.2. The normalized spacial score (nSPS) is 24.3. The molecule has 7 rings (SSSR count). The summed E-state index contributed by atoms with van der Waals surface area (Å²) in [7, 11) is 3.00. The van der Waals surface area contributed by atoms with E-state index < -0.39 is 44.8 Å². The average molecular weight is 693 g/mol. The molecule has 10 heteroatoms. The van der Waals surface area contributed by atoms with E-state index in [2.05, 4.69) is 48.6 Å². The van der Waals surface area contributed by atoms with E-state index in [1.54, 1.807) is 68.5 Å². The molecule has 53 heavy (non-hydrogen) atoms. The highest BCUT2D eigenvalue weighted by Crippen LogP contribution is 2.73. The quantitative estimate of drug-likeness (QED) is 0.288. The predicted octanol–water partition coefficient (Wildman–Crippen LogP) is 7.17. The van der Waals surface area contributed by atoms with Gasteiger partial charge in [-0.2, -0.15) is 42.1 Å². The van der Waals surface area contributed by atoms with E-state index in [0.717, 1.165) is 0 Å². The van der Waals surface area contributed by atoms with Crippen LogP contribution >= 0.6 is 0 Å². The minimum Gasteiger partial charge on any atom is -0.497 e. The highest BCUT2D eigenvalue weighted by atomic mass is 16.5. The number of ether oxygens (including phenoxy) is 2. The molecule has 5 aliphatic carbocycles. The van der Waals surface area contributed by atoms with Crippen LogP contribution in [0.5, 0.6) is 11.5 Å². The summed E-state index contributed by atoms with van der Waals surface area (Å²) in [4.78, 5) is 0. The molecule has 0 aromatic heterocycles. The zero-order valence-corrected chi connectivity index (χ0v) is 30.0. The zero-order valence-electron chi connectivity index (χ0n) is 30.0. The number of allylic oxidation sites excluding steroid dienone is 8.